The highest BCUT2D eigenvalue weighted by molar-refractivity contribution is 4.50. The molecule has 158 valence electrons. The molecule has 2 fully saturated rings. The Labute approximate surface area is 194 Å². The molecule has 8 heteroatoms. The molecule has 0 aromatic heterocycles. The van der Waals surface area contributed by atoms with Crippen LogP contribution >= 0.6 is 0 Å². The highest BCUT2D eigenvalue weighted by Crippen LogP contribution is 2.11. The number of nitrogens with zero attached hydrogens (tertiary/aromatic N) is 2. The number of hydrogen-bond acceptors (Lipinski definition) is 4. The van der Waals surface area contributed by atoms with Crippen LogP contribution in [-0.2, 0) is 18.9 Å². The van der Waals surface area contributed by atoms with Crippen LogP contribution in [0.15, 0.2) is 0 Å². The van der Waals surface area contributed by atoms with Crippen LogP contribution in [0.1, 0.15) is 13.8 Å². The highest BCUT2D eigenvalue weighted by atomic mass is 127. The van der Waals surface area contributed by atoms with E-state index in [-0.39, 0.29) is 48.0 Å². The molecule has 0 amide bonds. The van der Waals surface area contributed by atoms with Gasteiger partial charge < -0.3 is 75.9 Å². The molecule has 6 nitrogen and oxygen atoms in total. The Morgan fingerprint density at radius 3 is 1.27 bits per heavy atom. The van der Waals surface area contributed by atoms with E-state index >= 15 is 0 Å². The number of quaternary nitrogens is 2. The molecular weight excluding hydrogens is 562 g/mol. The Kier molecular flexibility index (Phi) is 15.8. The van der Waals surface area contributed by atoms with E-state index in [0.717, 1.165) is 87.9 Å². The second-order valence-corrected chi connectivity index (χ2v) is 7.11. The van der Waals surface area contributed by atoms with E-state index in [1.807, 2.05) is 0 Å². The number of hydrogen-bond donors (Lipinski definition) is 0. The van der Waals surface area contributed by atoms with E-state index in [9.17, 15) is 0 Å². The third kappa shape index (κ3) is 9.15. The fraction of sp³-hybridized carbons (Fsp3) is 1.00. The summed E-state index contributed by atoms with van der Waals surface area (Å²) < 4.78 is 24.8. The first-order valence-electron chi connectivity index (χ1n) is 9.75. The molecule has 2 heterocycles. The van der Waals surface area contributed by atoms with Gasteiger partial charge in [0.1, 0.15) is 39.3 Å². The van der Waals surface area contributed by atoms with Crippen molar-refractivity contribution >= 4 is 0 Å². The van der Waals surface area contributed by atoms with Crippen molar-refractivity contribution in [3.05, 3.63) is 0 Å². The van der Waals surface area contributed by atoms with Gasteiger partial charge in [0.2, 0.25) is 0 Å². The third-order valence-electron chi connectivity index (χ3n) is 5.97. The number of halogens is 2. The van der Waals surface area contributed by atoms with E-state index in [1.54, 1.807) is 0 Å². The molecule has 0 bridgehead atoms. The lowest BCUT2D eigenvalue weighted by Crippen LogP contribution is -3.00. The molecular formula is C18H38I2N2O4. The number of rotatable bonds is 11. The van der Waals surface area contributed by atoms with E-state index in [1.165, 1.54) is 13.1 Å². The SMILES string of the molecule is CC[N+]1(CCOCCOCC[N+]2(CC)CCOCC2)CCOCC1.[I-].[I-]. The van der Waals surface area contributed by atoms with Gasteiger partial charge in [-0.1, -0.05) is 0 Å². The van der Waals surface area contributed by atoms with Crippen LogP contribution in [0.25, 0.3) is 0 Å². The van der Waals surface area contributed by atoms with Crippen molar-refractivity contribution < 1.29 is 75.9 Å². The van der Waals surface area contributed by atoms with Gasteiger partial charge in [-0.15, -0.1) is 0 Å². The predicted octanol–water partition coefficient (Wildman–Crippen LogP) is -5.24. The first-order chi connectivity index (χ1) is 11.7. The normalized spacial score (nSPS) is 21.5. The zero-order valence-electron chi connectivity index (χ0n) is 16.6. The first-order valence-corrected chi connectivity index (χ1v) is 9.75. The zero-order valence-corrected chi connectivity index (χ0v) is 20.9. The minimum absolute atomic E-state index is 0. The zero-order chi connectivity index (χ0) is 17.1. The van der Waals surface area contributed by atoms with E-state index in [4.69, 9.17) is 18.9 Å². The molecule has 26 heavy (non-hydrogen) atoms. The topological polar surface area (TPSA) is 36.9 Å². The van der Waals surface area contributed by atoms with Gasteiger partial charge in [0.25, 0.3) is 0 Å². The largest absolute Gasteiger partial charge is 1.00 e. The predicted molar refractivity (Wildman–Crippen MR) is 94.1 cm³/mol. The second kappa shape index (κ2) is 15.1. The highest BCUT2D eigenvalue weighted by Gasteiger charge is 2.29. The molecule has 0 aromatic carbocycles. The first kappa shape index (κ1) is 27.2. The van der Waals surface area contributed by atoms with Crippen LogP contribution in [0.2, 0.25) is 0 Å². The second-order valence-electron chi connectivity index (χ2n) is 7.11. The van der Waals surface area contributed by atoms with Crippen molar-refractivity contribution in [2.24, 2.45) is 0 Å². The molecule has 0 aliphatic carbocycles. The maximum absolute atomic E-state index is 5.80. The van der Waals surface area contributed by atoms with Crippen LogP contribution < -0.4 is 48.0 Å². The average Bonchev–Trinajstić information content (AvgIpc) is 2.65. The Bertz CT molecular complexity index is 307. The van der Waals surface area contributed by atoms with E-state index in [2.05, 4.69) is 13.8 Å². The van der Waals surface area contributed by atoms with Gasteiger partial charge in [0, 0.05) is 0 Å². The van der Waals surface area contributed by atoms with Gasteiger partial charge in [-0.05, 0) is 13.8 Å². The number of likely N-dealkylation sites (N-methyl/N-ethyl adjacent to an activating group) is 2. The Morgan fingerprint density at radius 1 is 0.615 bits per heavy atom. The maximum atomic E-state index is 5.80. The summed E-state index contributed by atoms with van der Waals surface area (Å²) in [6.07, 6.45) is 0. The summed E-state index contributed by atoms with van der Waals surface area (Å²) >= 11 is 0. The van der Waals surface area contributed by atoms with Crippen molar-refractivity contribution in [2.45, 2.75) is 13.8 Å². The summed E-state index contributed by atoms with van der Waals surface area (Å²) in [6.45, 7) is 20.2. The standard InChI is InChI=1S/C18H38N2O4.2HI/c1-3-19(5-11-21-12-6-19)9-15-23-17-18-24-16-10-20(4-2)7-13-22-14-8-20;;/h3-18H2,1-2H3;2*1H/q+2;;/p-2. The number of morpholine rings is 2. The van der Waals surface area contributed by atoms with Gasteiger partial charge >= 0.3 is 0 Å². The van der Waals surface area contributed by atoms with Crippen molar-refractivity contribution in [1.29, 1.82) is 0 Å². The summed E-state index contributed by atoms with van der Waals surface area (Å²) in [5.74, 6) is 0. The molecule has 0 N–H and O–H groups in total. The van der Waals surface area contributed by atoms with Crippen LogP contribution in [0, 0.1) is 0 Å². The third-order valence-corrected chi connectivity index (χ3v) is 5.97. The van der Waals surface area contributed by atoms with Crippen molar-refractivity contribution in [2.75, 3.05) is 105 Å². The molecule has 2 rings (SSSR count). The van der Waals surface area contributed by atoms with Gasteiger partial charge in [-0.2, -0.15) is 0 Å². The Hall–Kier alpha value is 1.22. The molecule has 0 unspecified atom stereocenters. The minimum Gasteiger partial charge on any atom is -1.00 e. The van der Waals surface area contributed by atoms with Gasteiger partial charge in [0.05, 0.1) is 65.9 Å². The van der Waals surface area contributed by atoms with Gasteiger partial charge in [-0.25, -0.2) is 0 Å². The fourth-order valence-electron chi connectivity index (χ4n) is 3.69. The molecule has 0 aromatic rings. The summed E-state index contributed by atoms with van der Waals surface area (Å²) in [6, 6.07) is 0. The van der Waals surface area contributed by atoms with Crippen molar-refractivity contribution in [1.82, 2.24) is 0 Å². The Morgan fingerprint density at radius 2 is 0.962 bits per heavy atom. The van der Waals surface area contributed by atoms with E-state index < -0.39 is 0 Å². The molecule has 0 spiro atoms. The molecule has 0 radical (unpaired) electrons. The molecule has 2 aliphatic rings. The molecule has 0 saturated carbocycles. The van der Waals surface area contributed by atoms with Crippen LogP contribution in [0.3, 0.4) is 0 Å². The van der Waals surface area contributed by atoms with Gasteiger partial charge in [-0.3, -0.25) is 0 Å². The molecule has 2 aliphatic heterocycles. The smallest absolute Gasteiger partial charge is 0.103 e. The molecule has 2 saturated heterocycles. The van der Waals surface area contributed by atoms with Crippen molar-refractivity contribution in [3.8, 4) is 0 Å². The average molecular weight is 600 g/mol. The lowest BCUT2D eigenvalue weighted by atomic mass is 10.3. The Balaban J connectivity index is 0.00000312. The maximum Gasteiger partial charge on any atom is 0.103 e. The monoisotopic (exact) mass is 600 g/mol. The lowest BCUT2D eigenvalue weighted by molar-refractivity contribution is -0.934. The van der Waals surface area contributed by atoms with Crippen LogP contribution in [0.5, 0.6) is 0 Å². The lowest BCUT2D eigenvalue weighted by Gasteiger charge is -2.40. The van der Waals surface area contributed by atoms with E-state index in [0.29, 0.717) is 13.2 Å². The van der Waals surface area contributed by atoms with Crippen molar-refractivity contribution in [3.63, 3.8) is 0 Å². The van der Waals surface area contributed by atoms with Gasteiger partial charge in [0.15, 0.2) is 0 Å². The van der Waals surface area contributed by atoms with Crippen LogP contribution in [-0.4, -0.2) is 114 Å². The minimum atomic E-state index is 0. The summed E-state index contributed by atoms with van der Waals surface area (Å²) in [5, 5.41) is 0. The van der Waals surface area contributed by atoms with Crippen LogP contribution in [0.4, 0.5) is 0 Å². The quantitative estimate of drug-likeness (QED) is 0.135. The molecule has 0 atom stereocenters. The summed E-state index contributed by atoms with van der Waals surface area (Å²) in [7, 11) is 0. The summed E-state index contributed by atoms with van der Waals surface area (Å²) in [4.78, 5) is 0. The summed E-state index contributed by atoms with van der Waals surface area (Å²) in [5.41, 5.74) is 0. The number of ether oxygens (including phenoxy) is 4. The fourth-order valence-corrected chi connectivity index (χ4v) is 3.69.